The second-order valence-corrected chi connectivity index (χ2v) is 8.54. The summed E-state index contributed by atoms with van der Waals surface area (Å²) in [7, 11) is 1.61. The van der Waals surface area contributed by atoms with Crippen molar-refractivity contribution >= 4 is 17.7 Å². The number of allylic oxidation sites excluding steroid dienone is 5. The minimum atomic E-state index is -0.280. The van der Waals surface area contributed by atoms with Gasteiger partial charge in [-0.3, -0.25) is 4.79 Å². The van der Waals surface area contributed by atoms with Gasteiger partial charge in [0.25, 0.3) is 5.91 Å². The summed E-state index contributed by atoms with van der Waals surface area (Å²) in [5, 5.41) is 2.83. The summed E-state index contributed by atoms with van der Waals surface area (Å²) in [6.45, 7) is 8.91. The van der Waals surface area contributed by atoms with Gasteiger partial charge in [0.05, 0.1) is 7.11 Å². The van der Waals surface area contributed by atoms with E-state index in [2.05, 4.69) is 38.2 Å². The molecule has 0 saturated carbocycles. The van der Waals surface area contributed by atoms with E-state index in [0.717, 1.165) is 11.3 Å². The van der Waals surface area contributed by atoms with Crippen molar-refractivity contribution < 1.29 is 13.9 Å². The summed E-state index contributed by atoms with van der Waals surface area (Å²) in [6.07, 6.45) is 9.98. The summed E-state index contributed by atoms with van der Waals surface area (Å²) >= 11 is 0. The number of furan rings is 1. The van der Waals surface area contributed by atoms with E-state index >= 15 is 0 Å². The SMILES string of the molecule is COc1ccc(NC(=O)c2ccc(/C=C(\C)C=CC3=C(C)CCCC3(C)C)o2)cc1. The van der Waals surface area contributed by atoms with Crippen molar-refractivity contribution in [3.8, 4) is 5.75 Å². The summed E-state index contributed by atoms with van der Waals surface area (Å²) < 4.78 is 10.9. The Balaban J connectivity index is 1.67. The van der Waals surface area contributed by atoms with Crippen molar-refractivity contribution in [2.75, 3.05) is 12.4 Å². The van der Waals surface area contributed by atoms with Gasteiger partial charge in [0.2, 0.25) is 0 Å². The molecule has 3 rings (SSSR count). The number of anilines is 1. The molecule has 0 saturated heterocycles. The number of benzene rings is 1. The van der Waals surface area contributed by atoms with Crippen LogP contribution in [0.1, 0.15) is 63.3 Å². The Labute approximate surface area is 179 Å². The lowest BCUT2D eigenvalue weighted by Crippen LogP contribution is -2.19. The van der Waals surface area contributed by atoms with Crippen LogP contribution in [0, 0.1) is 5.41 Å². The molecule has 0 bridgehead atoms. The third-order valence-electron chi connectivity index (χ3n) is 5.62. The van der Waals surface area contributed by atoms with E-state index in [4.69, 9.17) is 9.15 Å². The molecule has 0 fully saturated rings. The van der Waals surface area contributed by atoms with E-state index in [0.29, 0.717) is 11.4 Å². The molecule has 0 spiro atoms. The van der Waals surface area contributed by atoms with Crippen LogP contribution in [0.4, 0.5) is 5.69 Å². The van der Waals surface area contributed by atoms with Crippen LogP contribution in [0.2, 0.25) is 0 Å². The molecule has 1 aliphatic carbocycles. The van der Waals surface area contributed by atoms with Gasteiger partial charge < -0.3 is 14.5 Å². The lowest BCUT2D eigenvalue weighted by Gasteiger charge is -2.32. The van der Waals surface area contributed by atoms with Crippen molar-refractivity contribution in [1.29, 1.82) is 0 Å². The molecule has 1 aliphatic rings. The fourth-order valence-corrected chi connectivity index (χ4v) is 3.92. The maximum absolute atomic E-state index is 12.4. The minimum Gasteiger partial charge on any atom is -0.497 e. The van der Waals surface area contributed by atoms with Crippen LogP contribution in [0.3, 0.4) is 0 Å². The molecule has 1 amide bonds. The average Bonchev–Trinajstić information content (AvgIpc) is 3.16. The number of hydrogen-bond donors (Lipinski definition) is 1. The van der Waals surface area contributed by atoms with E-state index in [1.54, 1.807) is 37.4 Å². The number of nitrogens with one attached hydrogen (secondary N) is 1. The Morgan fingerprint density at radius 3 is 2.57 bits per heavy atom. The summed E-state index contributed by atoms with van der Waals surface area (Å²) in [6, 6.07) is 10.7. The zero-order valence-electron chi connectivity index (χ0n) is 18.5. The van der Waals surface area contributed by atoms with Crippen molar-refractivity contribution in [2.24, 2.45) is 5.41 Å². The Morgan fingerprint density at radius 2 is 1.90 bits per heavy atom. The first-order valence-electron chi connectivity index (χ1n) is 10.4. The molecule has 4 heteroatoms. The second-order valence-electron chi connectivity index (χ2n) is 8.54. The number of methoxy groups -OCH3 is 1. The molecule has 1 N–H and O–H groups in total. The molecule has 0 atom stereocenters. The minimum absolute atomic E-state index is 0.219. The third-order valence-corrected chi connectivity index (χ3v) is 5.62. The summed E-state index contributed by atoms with van der Waals surface area (Å²) in [5.74, 6) is 1.40. The highest BCUT2D eigenvalue weighted by Gasteiger charge is 2.26. The first-order valence-corrected chi connectivity index (χ1v) is 10.4. The van der Waals surface area contributed by atoms with Crippen molar-refractivity contribution in [3.63, 3.8) is 0 Å². The highest BCUT2D eigenvalue weighted by atomic mass is 16.5. The van der Waals surface area contributed by atoms with Crippen LogP contribution < -0.4 is 10.1 Å². The van der Waals surface area contributed by atoms with E-state index in [9.17, 15) is 4.79 Å². The zero-order chi connectivity index (χ0) is 21.7. The molecule has 0 radical (unpaired) electrons. The van der Waals surface area contributed by atoms with Crippen LogP contribution in [-0.2, 0) is 0 Å². The molecular formula is C26H31NO3. The Kier molecular flexibility index (Phi) is 6.66. The normalized spacial score (nSPS) is 16.8. The summed E-state index contributed by atoms with van der Waals surface area (Å²) in [5.41, 5.74) is 4.89. The van der Waals surface area contributed by atoms with Gasteiger partial charge in [-0.15, -0.1) is 0 Å². The number of rotatable bonds is 6. The average molecular weight is 406 g/mol. The smallest absolute Gasteiger partial charge is 0.291 e. The van der Waals surface area contributed by atoms with Gasteiger partial charge in [0, 0.05) is 5.69 Å². The van der Waals surface area contributed by atoms with E-state index in [-0.39, 0.29) is 17.1 Å². The molecule has 0 aliphatic heterocycles. The van der Waals surface area contributed by atoms with Gasteiger partial charge in [-0.2, -0.15) is 0 Å². The van der Waals surface area contributed by atoms with Crippen LogP contribution in [0.5, 0.6) is 5.75 Å². The molecule has 2 aromatic rings. The van der Waals surface area contributed by atoms with Gasteiger partial charge in [0.1, 0.15) is 11.5 Å². The van der Waals surface area contributed by atoms with Crippen LogP contribution in [0.15, 0.2) is 69.7 Å². The quantitative estimate of drug-likeness (QED) is 0.525. The molecule has 1 heterocycles. The topological polar surface area (TPSA) is 51.5 Å². The predicted octanol–water partition coefficient (Wildman–Crippen LogP) is 7.03. The highest BCUT2D eigenvalue weighted by Crippen LogP contribution is 2.40. The second kappa shape index (κ2) is 9.21. The fraction of sp³-hybridized carbons (Fsp3) is 0.346. The largest absolute Gasteiger partial charge is 0.497 e. The molecule has 0 unspecified atom stereocenters. The third kappa shape index (κ3) is 5.32. The van der Waals surface area contributed by atoms with Crippen LogP contribution in [0.25, 0.3) is 6.08 Å². The van der Waals surface area contributed by atoms with Gasteiger partial charge in [-0.1, -0.05) is 31.6 Å². The number of hydrogen-bond acceptors (Lipinski definition) is 3. The molecule has 4 nitrogen and oxygen atoms in total. The standard InChI is InChI=1S/C26H31NO3/c1-18(8-14-23-19(2)7-6-16-26(23,3)4)17-22-13-15-24(30-22)25(28)27-20-9-11-21(29-5)12-10-20/h8-15,17H,6-7,16H2,1-5H3,(H,27,28)/b14-8?,18-17+. The van der Waals surface area contributed by atoms with Crippen LogP contribution >= 0.6 is 0 Å². The van der Waals surface area contributed by atoms with Crippen molar-refractivity contribution in [2.45, 2.75) is 47.0 Å². The Bertz CT molecular complexity index is 988. The first-order chi connectivity index (χ1) is 14.3. The maximum atomic E-state index is 12.4. The molecular weight excluding hydrogens is 374 g/mol. The van der Waals surface area contributed by atoms with E-state index < -0.39 is 0 Å². The van der Waals surface area contributed by atoms with Gasteiger partial charge in [-0.05, 0) is 92.1 Å². The lowest BCUT2D eigenvalue weighted by molar-refractivity contribution is 0.0996. The van der Waals surface area contributed by atoms with Crippen molar-refractivity contribution in [1.82, 2.24) is 0 Å². The number of ether oxygens (including phenoxy) is 1. The van der Waals surface area contributed by atoms with Gasteiger partial charge >= 0.3 is 0 Å². The van der Waals surface area contributed by atoms with Crippen molar-refractivity contribution in [3.05, 3.63) is 76.8 Å². The Morgan fingerprint density at radius 1 is 1.17 bits per heavy atom. The van der Waals surface area contributed by atoms with Gasteiger partial charge in [0.15, 0.2) is 5.76 Å². The molecule has 1 aromatic heterocycles. The van der Waals surface area contributed by atoms with Gasteiger partial charge in [-0.25, -0.2) is 0 Å². The maximum Gasteiger partial charge on any atom is 0.291 e. The zero-order valence-corrected chi connectivity index (χ0v) is 18.5. The fourth-order valence-electron chi connectivity index (χ4n) is 3.92. The monoisotopic (exact) mass is 405 g/mol. The predicted molar refractivity (Wildman–Crippen MR) is 123 cm³/mol. The van der Waals surface area contributed by atoms with E-state index in [1.807, 2.05) is 19.1 Å². The molecule has 1 aromatic carbocycles. The van der Waals surface area contributed by atoms with Crippen LogP contribution in [-0.4, -0.2) is 13.0 Å². The molecule has 30 heavy (non-hydrogen) atoms. The number of carbonyl (C=O) groups excluding carboxylic acids is 1. The van der Waals surface area contributed by atoms with E-state index in [1.165, 1.54) is 30.4 Å². The number of amides is 1. The summed E-state index contributed by atoms with van der Waals surface area (Å²) in [4.78, 5) is 12.4. The highest BCUT2D eigenvalue weighted by molar-refractivity contribution is 6.02. The number of carbonyl (C=O) groups is 1. The first kappa shape index (κ1) is 21.7. The molecule has 158 valence electrons. The Hall–Kier alpha value is -3.01. The lowest BCUT2D eigenvalue weighted by atomic mass is 9.72.